The maximum atomic E-state index is 13.9. The molecule has 0 amide bonds. The average Bonchev–Trinajstić information content (AvgIpc) is 2.74. The van der Waals surface area contributed by atoms with Crippen LogP contribution < -0.4 is 0 Å². The summed E-state index contributed by atoms with van der Waals surface area (Å²) in [6.07, 6.45) is -10.7. The van der Waals surface area contributed by atoms with Crippen molar-refractivity contribution in [3.63, 3.8) is 0 Å². The highest BCUT2D eigenvalue weighted by Gasteiger charge is 2.97. The van der Waals surface area contributed by atoms with Gasteiger partial charge in [-0.3, -0.25) is 0 Å². The Morgan fingerprint density at radius 2 is 0.750 bits per heavy atom. The van der Waals surface area contributed by atoms with Gasteiger partial charge in [0, 0.05) is 6.42 Å². The molecular formula is C16H15F21O2Si. The number of rotatable bonds is 14. The summed E-state index contributed by atoms with van der Waals surface area (Å²) in [7, 11) is -3.68. The molecule has 0 aliphatic heterocycles. The largest absolute Gasteiger partial charge is 0.460 e. The van der Waals surface area contributed by atoms with E-state index in [1.54, 1.807) is 0 Å². The van der Waals surface area contributed by atoms with Crippen LogP contribution in [-0.4, -0.2) is 86.1 Å². The smallest absolute Gasteiger partial charge is 0.415 e. The predicted octanol–water partition coefficient (Wildman–Crippen LogP) is 7.87. The van der Waals surface area contributed by atoms with E-state index in [4.69, 9.17) is 9.53 Å². The van der Waals surface area contributed by atoms with E-state index < -0.39 is 93.5 Å². The molecule has 0 radical (unpaired) electrons. The molecule has 0 saturated heterocycles. The first-order valence-corrected chi connectivity index (χ1v) is 12.9. The Labute approximate surface area is 209 Å². The first-order valence-electron chi connectivity index (χ1n) is 9.73. The second-order valence-electron chi connectivity index (χ2n) is 8.63. The van der Waals surface area contributed by atoms with Crippen molar-refractivity contribution in [3.05, 3.63) is 0 Å². The van der Waals surface area contributed by atoms with Gasteiger partial charge in [0.1, 0.15) is 0 Å². The van der Waals surface area contributed by atoms with Crippen molar-refractivity contribution in [3.8, 4) is 0 Å². The van der Waals surface area contributed by atoms with Gasteiger partial charge >= 0.3 is 59.5 Å². The molecule has 0 unspecified atom stereocenters. The van der Waals surface area contributed by atoms with Gasteiger partial charge in [-0.05, 0) is 19.1 Å². The number of aliphatic hydroxyl groups is 1. The van der Waals surface area contributed by atoms with Crippen molar-refractivity contribution in [1.82, 2.24) is 0 Å². The van der Waals surface area contributed by atoms with Crippen LogP contribution in [0.1, 0.15) is 6.42 Å². The first kappa shape index (κ1) is 38.7. The van der Waals surface area contributed by atoms with Gasteiger partial charge in [0.15, 0.2) is 8.32 Å². The number of aliphatic hydroxyl groups excluding tert-OH is 1. The van der Waals surface area contributed by atoms with Crippen molar-refractivity contribution in [2.75, 3.05) is 13.2 Å². The summed E-state index contributed by atoms with van der Waals surface area (Å²) in [5.41, 5.74) is 0. The molecule has 0 aliphatic carbocycles. The Hall–Kier alpha value is -1.33. The highest BCUT2D eigenvalue weighted by atomic mass is 28.4. The van der Waals surface area contributed by atoms with E-state index in [2.05, 4.69) is 0 Å². The quantitative estimate of drug-likeness (QED) is 0.151. The molecule has 0 saturated carbocycles. The second kappa shape index (κ2) is 10.4. The van der Waals surface area contributed by atoms with E-state index in [-0.39, 0.29) is 0 Å². The van der Waals surface area contributed by atoms with E-state index in [9.17, 15) is 92.2 Å². The summed E-state index contributed by atoms with van der Waals surface area (Å²) in [6.45, 7) is 0.243. The summed E-state index contributed by atoms with van der Waals surface area (Å²) in [4.78, 5) is 0. The van der Waals surface area contributed by atoms with Crippen LogP contribution in [0, 0.1) is 0 Å². The van der Waals surface area contributed by atoms with Gasteiger partial charge in [-0.1, -0.05) is 0 Å². The molecule has 0 fully saturated rings. The Kier molecular flexibility index (Phi) is 10.1. The number of alkyl halides is 21. The van der Waals surface area contributed by atoms with Crippen LogP contribution in [-0.2, 0) is 4.43 Å². The van der Waals surface area contributed by atoms with Gasteiger partial charge < -0.3 is 9.53 Å². The minimum atomic E-state index is -9.18. The molecule has 0 atom stereocenters. The third-order valence-corrected chi connectivity index (χ3v) is 7.64. The van der Waals surface area contributed by atoms with Crippen LogP contribution in [0.2, 0.25) is 19.1 Å². The lowest BCUT2D eigenvalue weighted by molar-refractivity contribution is -0.474. The zero-order valence-corrected chi connectivity index (χ0v) is 20.1. The molecule has 0 spiro atoms. The Morgan fingerprint density at radius 1 is 0.475 bits per heavy atom. The SMILES string of the molecule is C[Si](C)(CCC(F)(F)C(F)(F)C(F)(F)C(F)(F)C(F)(F)C(F)(F)C(F)(F)C(F)(F)C(F)(F)C(F)(F)F)OCCO. The van der Waals surface area contributed by atoms with Crippen LogP contribution in [0.4, 0.5) is 92.2 Å². The minimum absolute atomic E-state index is 0.678. The fourth-order valence-corrected chi connectivity index (χ4v) is 4.30. The molecule has 0 aromatic carbocycles. The maximum Gasteiger partial charge on any atom is 0.460 e. The molecule has 0 rings (SSSR count). The third-order valence-electron chi connectivity index (χ3n) is 5.20. The number of hydrogen-bond acceptors (Lipinski definition) is 2. The van der Waals surface area contributed by atoms with Crippen molar-refractivity contribution < 1.29 is 102 Å². The lowest BCUT2D eigenvalue weighted by Crippen LogP contribution is -2.76. The number of hydrogen-bond donors (Lipinski definition) is 1. The van der Waals surface area contributed by atoms with E-state index in [1.165, 1.54) is 0 Å². The Bertz CT molecular complexity index is 878. The molecule has 1 N–H and O–H groups in total. The lowest BCUT2D eigenvalue weighted by atomic mass is 9.86. The molecule has 40 heavy (non-hydrogen) atoms. The molecule has 24 heteroatoms. The third kappa shape index (κ3) is 5.55. The van der Waals surface area contributed by atoms with Crippen LogP contribution in [0.3, 0.4) is 0 Å². The molecular weight excluding hydrogens is 651 g/mol. The molecule has 0 heterocycles. The lowest BCUT2D eigenvalue weighted by Gasteiger charge is -2.44. The zero-order valence-electron chi connectivity index (χ0n) is 19.1. The molecule has 242 valence electrons. The van der Waals surface area contributed by atoms with E-state index in [1.807, 2.05) is 0 Å². The predicted molar refractivity (Wildman–Crippen MR) is 90.5 cm³/mol. The molecule has 0 aromatic heterocycles. The van der Waals surface area contributed by atoms with Gasteiger partial charge in [0.2, 0.25) is 0 Å². The fourth-order valence-electron chi connectivity index (χ4n) is 2.60. The van der Waals surface area contributed by atoms with Crippen LogP contribution >= 0.6 is 0 Å². The van der Waals surface area contributed by atoms with E-state index >= 15 is 0 Å². The minimum Gasteiger partial charge on any atom is -0.415 e. The maximum absolute atomic E-state index is 13.9. The average molecular weight is 666 g/mol. The fraction of sp³-hybridized carbons (Fsp3) is 1.00. The first-order chi connectivity index (χ1) is 17.0. The highest BCUT2D eigenvalue weighted by molar-refractivity contribution is 6.71. The highest BCUT2D eigenvalue weighted by Crippen LogP contribution is 2.66. The van der Waals surface area contributed by atoms with Gasteiger partial charge in [0.05, 0.1) is 13.2 Å². The van der Waals surface area contributed by atoms with Gasteiger partial charge in [-0.25, -0.2) is 0 Å². The Morgan fingerprint density at radius 3 is 1.02 bits per heavy atom. The molecule has 0 aromatic rings. The summed E-state index contributed by atoms with van der Waals surface area (Å²) in [5, 5.41) is 8.53. The molecule has 0 bridgehead atoms. The summed E-state index contributed by atoms with van der Waals surface area (Å²) in [5.74, 6) is -76.9. The number of halogens is 21. The summed E-state index contributed by atoms with van der Waals surface area (Å²) >= 11 is 0. The van der Waals surface area contributed by atoms with Crippen molar-refractivity contribution >= 4 is 8.32 Å². The molecule has 0 aliphatic rings. The van der Waals surface area contributed by atoms with Crippen molar-refractivity contribution in [2.24, 2.45) is 0 Å². The van der Waals surface area contributed by atoms with Crippen LogP contribution in [0.25, 0.3) is 0 Å². The van der Waals surface area contributed by atoms with Gasteiger partial charge in [0.25, 0.3) is 0 Å². The zero-order chi connectivity index (χ0) is 33.0. The van der Waals surface area contributed by atoms with Gasteiger partial charge in [-0.2, -0.15) is 92.2 Å². The van der Waals surface area contributed by atoms with Crippen LogP contribution in [0.15, 0.2) is 0 Å². The van der Waals surface area contributed by atoms with E-state index in [0.717, 1.165) is 13.1 Å². The normalized spacial score (nSPS) is 16.5. The van der Waals surface area contributed by atoms with Gasteiger partial charge in [-0.15, -0.1) is 0 Å². The molecule has 2 nitrogen and oxygen atoms in total. The van der Waals surface area contributed by atoms with E-state index in [0.29, 0.717) is 0 Å². The summed E-state index contributed by atoms with van der Waals surface area (Å²) < 4.78 is 285. The van der Waals surface area contributed by atoms with Crippen molar-refractivity contribution in [1.29, 1.82) is 0 Å². The van der Waals surface area contributed by atoms with Crippen LogP contribution in [0.5, 0.6) is 0 Å². The standard InChI is InChI=1S/C16H15F21O2Si/c1-40(2,39-5-4-38)6-3-7(17,18)8(19,20)9(21,22)10(23,24)11(25,26)12(27,28)13(29,30)14(31,32)15(33,34)16(35,36)37/h38H,3-6H2,1-2H3. The topological polar surface area (TPSA) is 29.5 Å². The van der Waals surface area contributed by atoms with Crippen molar-refractivity contribution in [2.45, 2.75) is 85.0 Å². The Balaban J connectivity index is 6.81. The monoisotopic (exact) mass is 666 g/mol. The summed E-state index contributed by atoms with van der Waals surface area (Å²) in [6, 6.07) is -1.44. The second-order valence-corrected chi connectivity index (χ2v) is 12.9.